The van der Waals surface area contributed by atoms with Gasteiger partial charge in [0.1, 0.15) is 22.8 Å². The molecule has 9 nitrogen and oxygen atoms in total. The number of nitrogens with zero attached hydrogens (tertiary/aromatic N) is 1. The SMILES string of the molecule is CC1=C(N)Nc2cc(CN(Cc3cccc(CNC(=O)OC(C)(C)C)c3)C(=O)OC(C)(C)C)ccc2O1. The Bertz CT molecular complexity index is 1180. The van der Waals surface area contributed by atoms with Crippen molar-refractivity contribution in [3.05, 3.63) is 70.7 Å². The normalized spacial score (nSPS) is 13.2. The number of nitrogens with two attached hydrogens (primary N) is 1. The van der Waals surface area contributed by atoms with Crippen molar-refractivity contribution in [2.75, 3.05) is 5.32 Å². The zero-order chi connectivity index (χ0) is 27.4. The van der Waals surface area contributed by atoms with E-state index >= 15 is 0 Å². The minimum absolute atomic E-state index is 0.306. The number of amides is 2. The average Bonchev–Trinajstić information content (AvgIpc) is 2.76. The highest BCUT2D eigenvalue weighted by atomic mass is 16.6. The summed E-state index contributed by atoms with van der Waals surface area (Å²) in [5.41, 5.74) is 8.17. The van der Waals surface area contributed by atoms with E-state index in [0.717, 1.165) is 22.4 Å². The smallest absolute Gasteiger partial charge is 0.410 e. The predicted octanol–water partition coefficient (Wildman–Crippen LogP) is 5.60. The molecule has 0 aliphatic carbocycles. The molecule has 2 aromatic carbocycles. The van der Waals surface area contributed by atoms with Gasteiger partial charge in [-0.3, -0.25) is 4.90 Å². The van der Waals surface area contributed by atoms with Crippen molar-refractivity contribution in [3.63, 3.8) is 0 Å². The van der Waals surface area contributed by atoms with Crippen molar-refractivity contribution in [3.8, 4) is 5.75 Å². The first kappa shape index (κ1) is 27.7. The molecule has 4 N–H and O–H groups in total. The molecule has 0 radical (unpaired) electrons. The van der Waals surface area contributed by atoms with Crippen LogP contribution in [0.15, 0.2) is 54.0 Å². The molecule has 0 saturated carbocycles. The summed E-state index contributed by atoms with van der Waals surface area (Å²) in [7, 11) is 0. The number of carbonyl (C=O) groups is 2. The van der Waals surface area contributed by atoms with Gasteiger partial charge < -0.3 is 30.6 Å². The van der Waals surface area contributed by atoms with Gasteiger partial charge in [0.25, 0.3) is 0 Å². The molecule has 2 aromatic rings. The molecule has 2 amide bonds. The van der Waals surface area contributed by atoms with Crippen molar-refractivity contribution in [2.24, 2.45) is 5.73 Å². The van der Waals surface area contributed by atoms with Crippen molar-refractivity contribution in [1.29, 1.82) is 0 Å². The maximum Gasteiger partial charge on any atom is 0.410 e. The molecule has 0 unspecified atom stereocenters. The maximum absolute atomic E-state index is 13.1. The molecule has 1 aliphatic rings. The van der Waals surface area contributed by atoms with Gasteiger partial charge in [-0.2, -0.15) is 0 Å². The Hall–Kier alpha value is -3.88. The molecule has 0 atom stereocenters. The van der Waals surface area contributed by atoms with Crippen molar-refractivity contribution >= 4 is 17.9 Å². The minimum atomic E-state index is -0.642. The molecule has 0 bridgehead atoms. The highest BCUT2D eigenvalue weighted by Gasteiger charge is 2.24. The van der Waals surface area contributed by atoms with Crippen LogP contribution in [0.2, 0.25) is 0 Å². The highest BCUT2D eigenvalue weighted by molar-refractivity contribution is 5.69. The van der Waals surface area contributed by atoms with E-state index in [1.807, 2.05) is 84.0 Å². The van der Waals surface area contributed by atoms with Crippen molar-refractivity contribution < 1.29 is 23.8 Å². The first-order valence-electron chi connectivity index (χ1n) is 12.3. The number of nitrogens with one attached hydrogen (secondary N) is 2. The van der Waals surface area contributed by atoms with Crippen LogP contribution in [0, 0.1) is 0 Å². The largest absolute Gasteiger partial charge is 0.456 e. The van der Waals surface area contributed by atoms with Crippen LogP contribution >= 0.6 is 0 Å². The van der Waals surface area contributed by atoms with E-state index in [-0.39, 0.29) is 0 Å². The molecule has 9 heteroatoms. The Balaban J connectivity index is 1.76. The van der Waals surface area contributed by atoms with E-state index < -0.39 is 23.4 Å². The number of anilines is 1. The molecular weight excluding hydrogens is 472 g/mol. The lowest BCUT2D eigenvalue weighted by atomic mass is 10.1. The standard InChI is InChI=1S/C28H38N4O5/c1-18-24(29)31-22-14-21(11-12-23(22)35-18)17-32(26(34)37-28(5,6)7)16-20-10-8-9-19(13-20)15-30-25(33)36-27(2,3)4/h8-14,31H,15-17,29H2,1-7H3,(H,30,33). The second-order valence-electron chi connectivity index (χ2n) is 11.0. The molecule has 0 aromatic heterocycles. The fraction of sp³-hybridized carbons (Fsp3) is 0.429. The summed E-state index contributed by atoms with van der Waals surface area (Å²) in [5, 5.41) is 5.90. The van der Waals surface area contributed by atoms with Crippen LogP contribution in [-0.4, -0.2) is 28.3 Å². The molecule has 200 valence electrons. The molecule has 1 aliphatic heterocycles. The highest BCUT2D eigenvalue weighted by Crippen LogP contribution is 2.32. The number of allylic oxidation sites excluding steroid dienone is 1. The lowest BCUT2D eigenvalue weighted by Gasteiger charge is -2.28. The molecule has 1 heterocycles. The van der Waals surface area contributed by atoms with Crippen LogP contribution in [0.1, 0.15) is 65.2 Å². The summed E-state index contributed by atoms with van der Waals surface area (Å²) in [6.07, 6.45) is -0.911. The quantitative estimate of drug-likeness (QED) is 0.463. The van der Waals surface area contributed by atoms with E-state index in [1.54, 1.807) is 11.8 Å². The number of hydrogen-bond donors (Lipinski definition) is 3. The van der Waals surface area contributed by atoms with E-state index in [2.05, 4.69) is 10.6 Å². The van der Waals surface area contributed by atoms with Gasteiger partial charge in [-0.1, -0.05) is 30.3 Å². The van der Waals surface area contributed by atoms with Gasteiger partial charge in [-0.25, -0.2) is 9.59 Å². The monoisotopic (exact) mass is 510 g/mol. The molecular formula is C28H38N4O5. The Morgan fingerprint density at radius 1 is 0.946 bits per heavy atom. The summed E-state index contributed by atoms with van der Waals surface area (Å²) < 4.78 is 16.7. The van der Waals surface area contributed by atoms with Crippen LogP contribution in [0.4, 0.5) is 15.3 Å². The van der Waals surface area contributed by atoms with Gasteiger partial charge in [0.05, 0.1) is 5.69 Å². The molecule has 3 rings (SSSR count). The second kappa shape index (κ2) is 11.0. The van der Waals surface area contributed by atoms with Crippen LogP contribution in [0.25, 0.3) is 0 Å². The Morgan fingerprint density at radius 3 is 2.22 bits per heavy atom. The topological polar surface area (TPSA) is 115 Å². The van der Waals surface area contributed by atoms with E-state index in [4.69, 9.17) is 19.9 Å². The van der Waals surface area contributed by atoms with Crippen LogP contribution in [0.5, 0.6) is 5.75 Å². The molecule has 0 saturated heterocycles. The summed E-state index contributed by atoms with van der Waals surface area (Å²) in [5.74, 6) is 1.73. The number of benzene rings is 2. The lowest BCUT2D eigenvalue weighted by Crippen LogP contribution is -2.36. The van der Waals surface area contributed by atoms with Crippen LogP contribution in [0.3, 0.4) is 0 Å². The fourth-order valence-corrected chi connectivity index (χ4v) is 3.59. The Labute approximate surface area is 218 Å². The number of fused-ring (bicyclic) bond motifs is 1. The van der Waals surface area contributed by atoms with Crippen LogP contribution in [-0.2, 0) is 29.1 Å². The lowest BCUT2D eigenvalue weighted by molar-refractivity contribution is 0.0216. The number of ether oxygens (including phenoxy) is 3. The summed E-state index contributed by atoms with van der Waals surface area (Å²) in [4.78, 5) is 26.8. The summed E-state index contributed by atoms with van der Waals surface area (Å²) >= 11 is 0. The van der Waals surface area contributed by atoms with Gasteiger partial charge in [0, 0.05) is 19.6 Å². The van der Waals surface area contributed by atoms with Gasteiger partial charge in [-0.05, 0) is 77.3 Å². The predicted molar refractivity (Wildman–Crippen MR) is 143 cm³/mol. The Kier molecular flexibility index (Phi) is 8.25. The molecule has 0 fully saturated rings. The molecule has 0 spiro atoms. The average molecular weight is 511 g/mol. The number of alkyl carbamates (subject to hydrolysis) is 1. The van der Waals surface area contributed by atoms with Gasteiger partial charge in [0.15, 0.2) is 5.75 Å². The minimum Gasteiger partial charge on any atom is -0.456 e. The van der Waals surface area contributed by atoms with Crippen molar-refractivity contribution in [1.82, 2.24) is 10.2 Å². The zero-order valence-electron chi connectivity index (χ0n) is 22.7. The summed E-state index contributed by atoms with van der Waals surface area (Å²) in [6, 6.07) is 13.4. The summed E-state index contributed by atoms with van der Waals surface area (Å²) in [6.45, 7) is 13.7. The van der Waals surface area contributed by atoms with E-state index in [0.29, 0.717) is 37.0 Å². The fourth-order valence-electron chi connectivity index (χ4n) is 3.59. The zero-order valence-corrected chi connectivity index (χ0v) is 22.7. The number of carbonyl (C=O) groups excluding carboxylic acids is 2. The van der Waals surface area contributed by atoms with Gasteiger partial charge >= 0.3 is 12.2 Å². The maximum atomic E-state index is 13.1. The third-order valence-corrected chi connectivity index (χ3v) is 5.18. The van der Waals surface area contributed by atoms with E-state index in [9.17, 15) is 9.59 Å². The third kappa shape index (κ3) is 8.63. The van der Waals surface area contributed by atoms with E-state index in [1.165, 1.54) is 0 Å². The van der Waals surface area contributed by atoms with Gasteiger partial charge in [0.2, 0.25) is 0 Å². The number of rotatable bonds is 6. The van der Waals surface area contributed by atoms with Crippen LogP contribution < -0.4 is 21.1 Å². The first-order chi connectivity index (χ1) is 17.2. The van der Waals surface area contributed by atoms with Gasteiger partial charge in [-0.15, -0.1) is 0 Å². The van der Waals surface area contributed by atoms with Crippen molar-refractivity contribution in [2.45, 2.75) is 79.3 Å². The Morgan fingerprint density at radius 2 is 1.57 bits per heavy atom. The third-order valence-electron chi connectivity index (χ3n) is 5.18. The molecule has 37 heavy (non-hydrogen) atoms. The first-order valence-corrected chi connectivity index (χ1v) is 12.3. The second-order valence-corrected chi connectivity index (χ2v) is 11.0. The number of hydrogen-bond acceptors (Lipinski definition) is 7.